The number of benzene rings is 2. The van der Waals surface area contributed by atoms with Crippen molar-refractivity contribution in [2.24, 2.45) is 0 Å². The van der Waals surface area contributed by atoms with Crippen LogP contribution in [0.1, 0.15) is 28.3 Å². The largest absolute Gasteiger partial charge is 0.416 e. The summed E-state index contributed by atoms with van der Waals surface area (Å²) in [6.45, 7) is 3.46. The Balaban J connectivity index is 2.03. The molecular weight excluding hydrogens is 313 g/mol. The van der Waals surface area contributed by atoms with Crippen molar-refractivity contribution in [1.82, 2.24) is 10.2 Å². The summed E-state index contributed by atoms with van der Waals surface area (Å²) in [5.74, 6) is 0. The molecule has 0 fully saturated rings. The van der Waals surface area contributed by atoms with Crippen molar-refractivity contribution in [2.75, 3.05) is 20.6 Å². The topological polar surface area (TPSA) is 15.3 Å². The van der Waals surface area contributed by atoms with Crippen molar-refractivity contribution in [3.8, 4) is 0 Å². The minimum Gasteiger partial charge on any atom is -0.311 e. The van der Waals surface area contributed by atoms with Crippen molar-refractivity contribution in [3.05, 3.63) is 70.8 Å². The number of hydrogen-bond acceptors (Lipinski definition) is 2. The van der Waals surface area contributed by atoms with Crippen LogP contribution in [0.25, 0.3) is 0 Å². The molecule has 1 N–H and O–H groups in total. The minimum atomic E-state index is -4.30. The monoisotopic (exact) mass is 336 g/mol. The van der Waals surface area contributed by atoms with Gasteiger partial charge in [0.05, 0.1) is 5.56 Å². The first-order chi connectivity index (χ1) is 11.3. The van der Waals surface area contributed by atoms with E-state index in [-0.39, 0.29) is 6.04 Å². The first kappa shape index (κ1) is 18.5. The third kappa shape index (κ3) is 4.82. The zero-order valence-corrected chi connectivity index (χ0v) is 14.2. The Labute approximate surface area is 141 Å². The predicted octanol–water partition coefficient (Wildman–Crippen LogP) is 4.41. The van der Waals surface area contributed by atoms with E-state index in [2.05, 4.69) is 24.4 Å². The van der Waals surface area contributed by atoms with Crippen molar-refractivity contribution >= 4 is 0 Å². The molecule has 1 atom stereocenters. The third-order valence-corrected chi connectivity index (χ3v) is 4.16. The minimum absolute atomic E-state index is 0.0105. The number of halogens is 3. The molecular formula is C19H23F3N2. The third-order valence-electron chi connectivity index (χ3n) is 4.16. The molecule has 2 rings (SSSR count). The van der Waals surface area contributed by atoms with Crippen LogP contribution in [0.3, 0.4) is 0 Å². The Morgan fingerprint density at radius 3 is 2.17 bits per heavy atom. The number of rotatable bonds is 6. The lowest BCUT2D eigenvalue weighted by molar-refractivity contribution is -0.137. The van der Waals surface area contributed by atoms with Crippen LogP contribution < -0.4 is 5.32 Å². The van der Waals surface area contributed by atoms with E-state index >= 15 is 0 Å². The number of aryl methyl sites for hydroxylation is 1. The number of hydrogen-bond donors (Lipinski definition) is 1. The summed E-state index contributed by atoms with van der Waals surface area (Å²) in [5.41, 5.74) is 2.70. The molecule has 0 saturated heterocycles. The molecule has 0 aliphatic carbocycles. The summed E-state index contributed by atoms with van der Waals surface area (Å²) in [4.78, 5) is 2.01. The Morgan fingerprint density at radius 2 is 1.62 bits per heavy atom. The standard InChI is InChI=1S/C19H23F3N2/c1-14-6-4-5-7-16(14)12-23-13-18(24(2)3)15-8-10-17(11-9-15)19(20,21)22/h4-11,18,23H,12-13H2,1-3H3. The van der Waals surface area contributed by atoms with Gasteiger partial charge in [-0.15, -0.1) is 0 Å². The van der Waals surface area contributed by atoms with Crippen LogP contribution in [-0.2, 0) is 12.7 Å². The first-order valence-electron chi connectivity index (χ1n) is 7.88. The first-order valence-corrected chi connectivity index (χ1v) is 7.88. The van der Waals surface area contributed by atoms with Gasteiger partial charge in [0.2, 0.25) is 0 Å². The Hall–Kier alpha value is -1.85. The van der Waals surface area contributed by atoms with E-state index in [1.807, 2.05) is 31.1 Å². The van der Waals surface area contributed by atoms with Crippen molar-refractivity contribution in [1.29, 1.82) is 0 Å². The van der Waals surface area contributed by atoms with Gasteiger partial charge in [0.25, 0.3) is 0 Å². The number of likely N-dealkylation sites (N-methyl/N-ethyl adjacent to an activating group) is 1. The molecule has 0 aliphatic rings. The molecule has 2 nitrogen and oxygen atoms in total. The lowest BCUT2D eigenvalue weighted by atomic mass is 10.0. The second-order valence-electron chi connectivity index (χ2n) is 6.16. The maximum Gasteiger partial charge on any atom is 0.416 e. The predicted molar refractivity (Wildman–Crippen MR) is 90.8 cm³/mol. The maximum absolute atomic E-state index is 12.7. The highest BCUT2D eigenvalue weighted by atomic mass is 19.4. The quantitative estimate of drug-likeness (QED) is 0.841. The van der Waals surface area contributed by atoms with Crippen LogP contribution in [0.5, 0.6) is 0 Å². The van der Waals surface area contributed by atoms with Crippen molar-refractivity contribution < 1.29 is 13.2 Å². The summed E-state index contributed by atoms with van der Waals surface area (Å²) in [7, 11) is 3.86. The highest BCUT2D eigenvalue weighted by Crippen LogP contribution is 2.30. The molecule has 0 aliphatic heterocycles. The molecule has 0 spiro atoms. The molecule has 0 amide bonds. The van der Waals surface area contributed by atoms with Gasteiger partial charge < -0.3 is 10.2 Å². The SMILES string of the molecule is Cc1ccccc1CNCC(c1ccc(C(F)(F)F)cc1)N(C)C. The van der Waals surface area contributed by atoms with E-state index in [9.17, 15) is 13.2 Å². The Morgan fingerprint density at radius 1 is 1.00 bits per heavy atom. The van der Waals surface area contributed by atoms with Crippen LogP contribution in [0.15, 0.2) is 48.5 Å². The molecule has 130 valence electrons. The highest BCUT2D eigenvalue weighted by Gasteiger charge is 2.30. The number of alkyl halides is 3. The molecule has 0 saturated carbocycles. The van der Waals surface area contributed by atoms with E-state index in [4.69, 9.17) is 0 Å². The maximum atomic E-state index is 12.7. The van der Waals surface area contributed by atoms with Gasteiger partial charge in [-0.25, -0.2) is 0 Å². The smallest absolute Gasteiger partial charge is 0.311 e. The van der Waals surface area contributed by atoms with Crippen LogP contribution in [0, 0.1) is 6.92 Å². The zero-order valence-electron chi connectivity index (χ0n) is 14.2. The lowest BCUT2D eigenvalue weighted by Gasteiger charge is -2.25. The van der Waals surface area contributed by atoms with Crippen LogP contribution >= 0.6 is 0 Å². The van der Waals surface area contributed by atoms with Gasteiger partial charge in [0, 0.05) is 19.1 Å². The molecule has 2 aromatic rings. The summed E-state index contributed by atoms with van der Waals surface area (Å²) in [5, 5.41) is 3.40. The van der Waals surface area contributed by atoms with Gasteiger partial charge in [-0.3, -0.25) is 0 Å². The fourth-order valence-electron chi connectivity index (χ4n) is 2.64. The Kier molecular flexibility index (Phi) is 6.02. The summed E-state index contributed by atoms with van der Waals surface area (Å²) in [6.07, 6.45) is -4.30. The van der Waals surface area contributed by atoms with Gasteiger partial charge in [-0.2, -0.15) is 13.2 Å². The molecule has 2 aromatic carbocycles. The lowest BCUT2D eigenvalue weighted by Crippen LogP contribution is -2.31. The number of nitrogens with zero attached hydrogens (tertiary/aromatic N) is 1. The van der Waals surface area contributed by atoms with E-state index in [1.54, 1.807) is 12.1 Å². The van der Waals surface area contributed by atoms with Crippen molar-refractivity contribution in [2.45, 2.75) is 25.7 Å². The van der Waals surface area contributed by atoms with Crippen LogP contribution in [0.4, 0.5) is 13.2 Å². The zero-order chi connectivity index (χ0) is 17.7. The molecule has 0 bridgehead atoms. The highest BCUT2D eigenvalue weighted by molar-refractivity contribution is 5.28. The Bertz CT molecular complexity index is 648. The molecule has 0 radical (unpaired) electrons. The molecule has 0 heterocycles. The molecule has 1 unspecified atom stereocenters. The second kappa shape index (κ2) is 7.81. The van der Waals surface area contributed by atoms with Gasteiger partial charge in [-0.05, 0) is 49.8 Å². The van der Waals surface area contributed by atoms with E-state index < -0.39 is 11.7 Å². The van der Waals surface area contributed by atoms with Gasteiger partial charge in [0.15, 0.2) is 0 Å². The van der Waals surface area contributed by atoms with Crippen LogP contribution in [0.2, 0.25) is 0 Å². The fourth-order valence-corrected chi connectivity index (χ4v) is 2.64. The normalized spacial score (nSPS) is 13.3. The van der Waals surface area contributed by atoms with Crippen LogP contribution in [-0.4, -0.2) is 25.5 Å². The van der Waals surface area contributed by atoms with Gasteiger partial charge in [0.1, 0.15) is 0 Å². The van der Waals surface area contributed by atoms with E-state index in [0.717, 1.165) is 24.2 Å². The van der Waals surface area contributed by atoms with Crippen molar-refractivity contribution in [3.63, 3.8) is 0 Å². The van der Waals surface area contributed by atoms with Gasteiger partial charge >= 0.3 is 6.18 Å². The summed E-state index contributed by atoms with van der Waals surface area (Å²) < 4.78 is 38.1. The number of nitrogens with one attached hydrogen (secondary N) is 1. The summed E-state index contributed by atoms with van der Waals surface area (Å²) >= 11 is 0. The van der Waals surface area contributed by atoms with E-state index in [1.165, 1.54) is 11.1 Å². The fraction of sp³-hybridized carbons (Fsp3) is 0.368. The second-order valence-corrected chi connectivity index (χ2v) is 6.16. The molecule has 0 aromatic heterocycles. The average Bonchev–Trinajstić information content (AvgIpc) is 2.52. The molecule has 24 heavy (non-hydrogen) atoms. The van der Waals surface area contributed by atoms with Gasteiger partial charge in [-0.1, -0.05) is 36.4 Å². The molecule has 5 heteroatoms. The van der Waals surface area contributed by atoms with E-state index in [0.29, 0.717) is 6.54 Å². The average molecular weight is 336 g/mol. The summed E-state index contributed by atoms with van der Waals surface area (Å²) in [6, 6.07) is 13.6.